The van der Waals surface area contributed by atoms with Crippen molar-refractivity contribution in [3.63, 3.8) is 0 Å². The number of carbonyl (C=O) groups is 1. The molecule has 6 heteroatoms. The first kappa shape index (κ1) is 14.9. The number of furan rings is 1. The zero-order valence-corrected chi connectivity index (χ0v) is 13.9. The minimum Gasteiger partial charge on any atom is -0.495 e. The minimum atomic E-state index is -0.372. The van der Waals surface area contributed by atoms with Crippen LogP contribution in [0, 0.1) is 0 Å². The van der Waals surface area contributed by atoms with Crippen molar-refractivity contribution in [2.45, 2.75) is 0 Å². The van der Waals surface area contributed by atoms with Crippen molar-refractivity contribution in [2.24, 2.45) is 0 Å². The monoisotopic (exact) mass is 379 g/mol. The van der Waals surface area contributed by atoms with Gasteiger partial charge in [-0.1, -0.05) is 33.6 Å². The molecule has 0 spiro atoms. The second kappa shape index (κ2) is 6.02. The van der Waals surface area contributed by atoms with Crippen LogP contribution in [-0.4, -0.2) is 13.0 Å². The molecule has 0 aliphatic rings. The Morgan fingerprint density at radius 2 is 2.09 bits per heavy atom. The number of methoxy groups -OCH3 is 1. The van der Waals surface area contributed by atoms with Gasteiger partial charge in [-0.25, -0.2) is 0 Å². The fraction of sp³-hybridized carbons (Fsp3) is 0.0625. The van der Waals surface area contributed by atoms with Crippen LogP contribution in [0.15, 0.2) is 51.4 Å². The Morgan fingerprint density at radius 1 is 1.27 bits per heavy atom. The maximum atomic E-state index is 12.4. The van der Waals surface area contributed by atoms with Crippen LogP contribution in [0.25, 0.3) is 11.0 Å². The van der Waals surface area contributed by atoms with E-state index in [-0.39, 0.29) is 11.7 Å². The standard InChI is InChI=1S/C16H11BrClNO3/c1-21-14-6-5-9(18)7-12(14)19-16(20)15-8-10-11(17)3-2-4-13(10)22-15/h2-8H,1H3,(H,19,20). The molecule has 112 valence electrons. The molecule has 0 aliphatic heterocycles. The Labute approximate surface area is 140 Å². The third-order valence-electron chi connectivity index (χ3n) is 3.14. The molecule has 0 saturated heterocycles. The lowest BCUT2D eigenvalue weighted by molar-refractivity contribution is 0.0998. The van der Waals surface area contributed by atoms with Crippen molar-refractivity contribution in [2.75, 3.05) is 12.4 Å². The Kier molecular flexibility index (Phi) is 4.09. The zero-order valence-electron chi connectivity index (χ0n) is 11.5. The highest BCUT2D eigenvalue weighted by Gasteiger charge is 2.15. The highest BCUT2D eigenvalue weighted by Crippen LogP contribution is 2.30. The first-order valence-corrected chi connectivity index (χ1v) is 7.58. The Balaban J connectivity index is 1.93. The molecule has 3 aromatic rings. The third-order valence-corrected chi connectivity index (χ3v) is 4.07. The average molecular weight is 381 g/mol. The van der Waals surface area contributed by atoms with Gasteiger partial charge in [-0.3, -0.25) is 4.79 Å². The van der Waals surface area contributed by atoms with E-state index in [4.69, 9.17) is 20.8 Å². The van der Waals surface area contributed by atoms with E-state index >= 15 is 0 Å². The molecule has 1 aromatic heterocycles. The van der Waals surface area contributed by atoms with Gasteiger partial charge in [0.25, 0.3) is 5.91 Å². The van der Waals surface area contributed by atoms with Crippen molar-refractivity contribution in [1.29, 1.82) is 0 Å². The molecule has 2 aromatic carbocycles. The Bertz CT molecular complexity index is 860. The smallest absolute Gasteiger partial charge is 0.291 e. The minimum absolute atomic E-state index is 0.212. The van der Waals surface area contributed by atoms with E-state index in [0.29, 0.717) is 22.0 Å². The third kappa shape index (κ3) is 2.82. The fourth-order valence-corrected chi connectivity index (χ4v) is 2.73. The van der Waals surface area contributed by atoms with Gasteiger partial charge in [0.05, 0.1) is 12.8 Å². The fourth-order valence-electron chi connectivity index (χ4n) is 2.10. The topological polar surface area (TPSA) is 51.5 Å². The first-order valence-electron chi connectivity index (χ1n) is 6.41. The van der Waals surface area contributed by atoms with Crippen molar-refractivity contribution in [3.8, 4) is 5.75 Å². The summed E-state index contributed by atoms with van der Waals surface area (Å²) in [6, 6.07) is 12.2. The van der Waals surface area contributed by atoms with Crippen LogP contribution in [0.3, 0.4) is 0 Å². The second-order valence-electron chi connectivity index (χ2n) is 4.56. The van der Waals surface area contributed by atoms with Gasteiger partial charge in [0, 0.05) is 14.9 Å². The van der Waals surface area contributed by atoms with Gasteiger partial charge in [-0.2, -0.15) is 0 Å². The number of hydrogen-bond acceptors (Lipinski definition) is 3. The predicted molar refractivity (Wildman–Crippen MR) is 89.9 cm³/mol. The van der Waals surface area contributed by atoms with Crippen LogP contribution >= 0.6 is 27.5 Å². The zero-order chi connectivity index (χ0) is 15.7. The quantitative estimate of drug-likeness (QED) is 0.687. The lowest BCUT2D eigenvalue weighted by atomic mass is 10.2. The summed E-state index contributed by atoms with van der Waals surface area (Å²) >= 11 is 9.38. The molecular weight excluding hydrogens is 370 g/mol. The Morgan fingerprint density at radius 3 is 2.82 bits per heavy atom. The van der Waals surface area contributed by atoms with Gasteiger partial charge < -0.3 is 14.5 Å². The molecule has 4 nitrogen and oxygen atoms in total. The van der Waals surface area contributed by atoms with E-state index in [9.17, 15) is 4.79 Å². The first-order chi connectivity index (χ1) is 10.6. The maximum Gasteiger partial charge on any atom is 0.291 e. The average Bonchev–Trinajstić information content (AvgIpc) is 2.93. The summed E-state index contributed by atoms with van der Waals surface area (Å²) in [4.78, 5) is 12.4. The van der Waals surface area contributed by atoms with Crippen LogP contribution in [0.5, 0.6) is 5.75 Å². The molecule has 3 rings (SSSR count). The lowest BCUT2D eigenvalue weighted by Gasteiger charge is -2.09. The number of halogens is 2. The van der Waals surface area contributed by atoms with Crippen LogP contribution in [-0.2, 0) is 0 Å². The summed E-state index contributed by atoms with van der Waals surface area (Å²) in [5.41, 5.74) is 1.12. The number of hydrogen-bond donors (Lipinski definition) is 1. The highest BCUT2D eigenvalue weighted by atomic mass is 79.9. The molecule has 1 N–H and O–H groups in total. The number of rotatable bonds is 3. The van der Waals surface area contributed by atoms with Gasteiger partial charge in [0.2, 0.25) is 0 Å². The van der Waals surface area contributed by atoms with Gasteiger partial charge in [0.1, 0.15) is 11.3 Å². The van der Waals surface area contributed by atoms with E-state index < -0.39 is 0 Å². The summed E-state index contributed by atoms with van der Waals surface area (Å²) < 4.78 is 11.6. The summed E-state index contributed by atoms with van der Waals surface area (Å²) in [7, 11) is 1.52. The van der Waals surface area contributed by atoms with Crippen LogP contribution in [0.1, 0.15) is 10.6 Å². The highest BCUT2D eigenvalue weighted by molar-refractivity contribution is 9.10. The van der Waals surface area contributed by atoms with Gasteiger partial charge in [0.15, 0.2) is 5.76 Å². The summed E-state index contributed by atoms with van der Waals surface area (Å²) in [6.07, 6.45) is 0. The van der Waals surface area contributed by atoms with E-state index in [1.807, 2.05) is 12.1 Å². The largest absolute Gasteiger partial charge is 0.495 e. The summed E-state index contributed by atoms with van der Waals surface area (Å²) in [6.45, 7) is 0. The van der Waals surface area contributed by atoms with E-state index in [1.165, 1.54) is 7.11 Å². The van der Waals surface area contributed by atoms with E-state index in [2.05, 4.69) is 21.2 Å². The normalized spacial score (nSPS) is 10.7. The van der Waals surface area contributed by atoms with Gasteiger partial charge in [-0.15, -0.1) is 0 Å². The molecule has 1 amide bonds. The molecular formula is C16H11BrClNO3. The lowest BCUT2D eigenvalue weighted by Crippen LogP contribution is -2.11. The molecule has 0 saturated carbocycles. The van der Waals surface area contributed by atoms with Crippen LogP contribution in [0.2, 0.25) is 5.02 Å². The molecule has 0 aliphatic carbocycles. The van der Waals surface area contributed by atoms with Crippen molar-refractivity contribution in [3.05, 3.63) is 57.7 Å². The molecule has 0 fully saturated rings. The maximum absolute atomic E-state index is 12.4. The number of ether oxygens (including phenoxy) is 1. The molecule has 0 unspecified atom stereocenters. The molecule has 0 bridgehead atoms. The molecule has 0 atom stereocenters. The number of anilines is 1. The summed E-state index contributed by atoms with van der Waals surface area (Å²) in [5.74, 6) is 0.364. The molecule has 1 heterocycles. The van der Waals surface area contributed by atoms with Gasteiger partial charge in [-0.05, 0) is 36.4 Å². The molecule has 0 radical (unpaired) electrons. The number of nitrogens with one attached hydrogen (secondary N) is 1. The SMILES string of the molecule is COc1ccc(Cl)cc1NC(=O)c1cc2c(Br)cccc2o1. The summed E-state index contributed by atoms with van der Waals surface area (Å²) in [5, 5.41) is 4.08. The number of amides is 1. The second-order valence-corrected chi connectivity index (χ2v) is 5.85. The number of carbonyl (C=O) groups excluding carboxylic acids is 1. The van der Waals surface area contributed by atoms with Crippen LogP contribution in [0.4, 0.5) is 5.69 Å². The van der Waals surface area contributed by atoms with Gasteiger partial charge >= 0.3 is 0 Å². The van der Waals surface area contributed by atoms with E-state index in [1.54, 1.807) is 30.3 Å². The number of benzene rings is 2. The number of fused-ring (bicyclic) bond motifs is 1. The predicted octanol–water partition coefficient (Wildman–Crippen LogP) is 5.11. The van der Waals surface area contributed by atoms with Crippen LogP contribution < -0.4 is 10.1 Å². The van der Waals surface area contributed by atoms with Crippen molar-refractivity contribution < 1.29 is 13.9 Å². The van der Waals surface area contributed by atoms with E-state index in [0.717, 1.165) is 9.86 Å². The van der Waals surface area contributed by atoms with Crippen molar-refractivity contribution >= 4 is 50.1 Å². The van der Waals surface area contributed by atoms with Crippen molar-refractivity contribution in [1.82, 2.24) is 0 Å². The molecule has 22 heavy (non-hydrogen) atoms. The Hall–Kier alpha value is -1.98.